The van der Waals surface area contributed by atoms with Crippen LogP contribution in [-0.4, -0.2) is 18.5 Å². The maximum absolute atomic E-state index is 12.2. The number of carbonyl (C=O) groups is 2. The van der Waals surface area contributed by atoms with Crippen LogP contribution in [0.15, 0.2) is 42.5 Å². The summed E-state index contributed by atoms with van der Waals surface area (Å²) in [6.07, 6.45) is 2.48. The summed E-state index contributed by atoms with van der Waals surface area (Å²) in [7, 11) is 0. The van der Waals surface area contributed by atoms with Gasteiger partial charge in [-0.3, -0.25) is 4.79 Å². The van der Waals surface area contributed by atoms with Crippen LogP contribution in [0.5, 0.6) is 0 Å². The maximum Gasteiger partial charge on any atom is 0.323 e. The summed E-state index contributed by atoms with van der Waals surface area (Å²) in [6.45, 7) is 0.706. The van der Waals surface area contributed by atoms with Gasteiger partial charge in [0, 0.05) is 30.0 Å². The molecule has 3 rings (SSSR count). The molecule has 2 aromatic carbocycles. The van der Waals surface area contributed by atoms with Gasteiger partial charge in [-0.1, -0.05) is 29.3 Å². The summed E-state index contributed by atoms with van der Waals surface area (Å²) in [6, 6.07) is 11.7. The molecule has 3 amide bonds. The van der Waals surface area contributed by atoms with Crippen LogP contribution >= 0.6 is 23.2 Å². The van der Waals surface area contributed by atoms with E-state index in [0.29, 0.717) is 34.4 Å². The quantitative estimate of drug-likeness (QED) is 0.776. The van der Waals surface area contributed by atoms with E-state index in [2.05, 4.69) is 10.6 Å². The van der Waals surface area contributed by atoms with Crippen molar-refractivity contribution in [3.8, 4) is 0 Å². The first-order valence-electron chi connectivity index (χ1n) is 7.96. The normalized spacial score (nSPS) is 14.3. The van der Waals surface area contributed by atoms with Crippen LogP contribution in [0.25, 0.3) is 0 Å². The van der Waals surface area contributed by atoms with E-state index >= 15 is 0 Å². The molecule has 1 heterocycles. The van der Waals surface area contributed by atoms with Crippen molar-refractivity contribution in [1.29, 1.82) is 0 Å². The Bertz CT molecular complexity index is 811. The summed E-state index contributed by atoms with van der Waals surface area (Å²) in [5, 5.41) is 6.24. The lowest BCUT2D eigenvalue weighted by Gasteiger charge is -2.27. The van der Waals surface area contributed by atoms with Crippen LogP contribution in [0.1, 0.15) is 19.3 Å². The standard InChI is InChI=1S/C18H17Cl2N3O2/c19-15-8-7-13(11-16(15)20)22-18(25)21-12-4-3-5-14(10-12)23-9-2-1-6-17(23)24/h3-5,7-8,10-11H,1-2,6,9H2,(H2,21,22,25). The molecule has 5 nitrogen and oxygen atoms in total. The van der Waals surface area contributed by atoms with Crippen LogP contribution in [0.3, 0.4) is 0 Å². The van der Waals surface area contributed by atoms with Gasteiger partial charge in [0.05, 0.1) is 10.0 Å². The second-order valence-electron chi connectivity index (χ2n) is 5.76. The van der Waals surface area contributed by atoms with E-state index < -0.39 is 6.03 Å². The second kappa shape index (κ2) is 7.76. The first-order valence-corrected chi connectivity index (χ1v) is 8.72. The van der Waals surface area contributed by atoms with E-state index in [-0.39, 0.29) is 5.91 Å². The lowest BCUT2D eigenvalue weighted by Crippen LogP contribution is -2.35. The van der Waals surface area contributed by atoms with Gasteiger partial charge >= 0.3 is 6.03 Å². The summed E-state index contributed by atoms with van der Waals surface area (Å²) >= 11 is 11.8. The third-order valence-corrected chi connectivity index (χ3v) is 4.66. The van der Waals surface area contributed by atoms with Crippen LogP contribution < -0.4 is 15.5 Å². The van der Waals surface area contributed by atoms with Crippen molar-refractivity contribution in [2.75, 3.05) is 22.1 Å². The smallest absolute Gasteiger partial charge is 0.312 e. The number of anilines is 3. The number of hydrogen-bond acceptors (Lipinski definition) is 2. The Kier molecular flexibility index (Phi) is 5.46. The Balaban J connectivity index is 1.68. The molecule has 130 valence electrons. The summed E-state index contributed by atoms with van der Waals surface area (Å²) in [4.78, 5) is 25.9. The lowest BCUT2D eigenvalue weighted by atomic mass is 10.1. The number of halogens is 2. The molecule has 0 spiro atoms. The van der Waals surface area contributed by atoms with Gasteiger partial charge in [0.2, 0.25) is 5.91 Å². The van der Waals surface area contributed by atoms with Crippen LogP contribution in [0.4, 0.5) is 21.9 Å². The molecular weight excluding hydrogens is 361 g/mol. The molecule has 25 heavy (non-hydrogen) atoms. The number of rotatable bonds is 3. The molecule has 1 aliphatic heterocycles. The Morgan fingerprint density at radius 3 is 2.44 bits per heavy atom. The fourth-order valence-corrected chi connectivity index (χ4v) is 3.00. The van der Waals surface area contributed by atoms with Gasteiger partial charge in [-0.15, -0.1) is 0 Å². The van der Waals surface area contributed by atoms with E-state index in [1.54, 1.807) is 35.2 Å². The Labute approximate surface area is 155 Å². The molecule has 1 saturated heterocycles. The van der Waals surface area contributed by atoms with Gasteiger partial charge in [-0.05, 0) is 49.2 Å². The molecule has 7 heteroatoms. The molecule has 1 fully saturated rings. The molecule has 0 saturated carbocycles. The predicted molar refractivity (Wildman–Crippen MR) is 102 cm³/mol. The number of piperidine rings is 1. The van der Waals surface area contributed by atoms with Gasteiger partial charge in [-0.25, -0.2) is 4.79 Å². The Hall–Kier alpha value is -2.24. The summed E-state index contributed by atoms with van der Waals surface area (Å²) in [5.41, 5.74) is 1.93. The molecule has 0 bridgehead atoms. The largest absolute Gasteiger partial charge is 0.323 e. The zero-order valence-electron chi connectivity index (χ0n) is 13.4. The number of nitrogens with one attached hydrogen (secondary N) is 2. The number of urea groups is 1. The SMILES string of the molecule is O=C(Nc1cccc(N2CCCCC2=O)c1)Nc1ccc(Cl)c(Cl)c1. The minimum absolute atomic E-state index is 0.114. The highest BCUT2D eigenvalue weighted by Crippen LogP contribution is 2.26. The van der Waals surface area contributed by atoms with E-state index in [4.69, 9.17) is 23.2 Å². The minimum atomic E-state index is -0.402. The van der Waals surface area contributed by atoms with E-state index in [1.165, 1.54) is 0 Å². The van der Waals surface area contributed by atoms with Crippen molar-refractivity contribution in [2.45, 2.75) is 19.3 Å². The molecule has 0 radical (unpaired) electrons. The molecule has 2 aromatic rings. The zero-order chi connectivity index (χ0) is 17.8. The van der Waals surface area contributed by atoms with Crippen molar-refractivity contribution in [1.82, 2.24) is 0 Å². The van der Waals surface area contributed by atoms with Crippen LogP contribution in [0.2, 0.25) is 10.0 Å². The third-order valence-electron chi connectivity index (χ3n) is 3.92. The molecule has 1 aliphatic rings. The first kappa shape index (κ1) is 17.6. The predicted octanol–water partition coefficient (Wildman–Crippen LogP) is 5.15. The highest BCUT2D eigenvalue weighted by atomic mass is 35.5. The number of nitrogens with zero attached hydrogens (tertiary/aromatic N) is 1. The van der Waals surface area contributed by atoms with Gasteiger partial charge in [-0.2, -0.15) is 0 Å². The second-order valence-corrected chi connectivity index (χ2v) is 6.58. The minimum Gasteiger partial charge on any atom is -0.312 e. The number of carbonyl (C=O) groups excluding carboxylic acids is 2. The van der Waals surface area contributed by atoms with E-state index in [1.807, 2.05) is 12.1 Å². The van der Waals surface area contributed by atoms with Crippen molar-refractivity contribution < 1.29 is 9.59 Å². The summed E-state index contributed by atoms with van der Waals surface area (Å²) in [5.74, 6) is 0.114. The van der Waals surface area contributed by atoms with Crippen molar-refractivity contribution in [3.63, 3.8) is 0 Å². The Morgan fingerprint density at radius 2 is 1.72 bits per heavy atom. The van der Waals surface area contributed by atoms with Crippen LogP contribution in [-0.2, 0) is 4.79 Å². The molecule has 0 unspecified atom stereocenters. The monoisotopic (exact) mass is 377 g/mol. The fraction of sp³-hybridized carbons (Fsp3) is 0.222. The highest BCUT2D eigenvalue weighted by molar-refractivity contribution is 6.42. The molecule has 0 aromatic heterocycles. The zero-order valence-corrected chi connectivity index (χ0v) is 14.9. The third kappa shape index (κ3) is 4.44. The fourth-order valence-electron chi connectivity index (χ4n) is 2.70. The molecule has 0 atom stereocenters. The van der Waals surface area contributed by atoms with E-state index in [9.17, 15) is 9.59 Å². The van der Waals surface area contributed by atoms with Gasteiger partial charge in [0.25, 0.3) is 0 Å². The van der Waals surface area contributed by atoms with Crippen molar-refractivity contribution >= 4 is 52.2 Å². The topological polar surface area (TPSA) is 61.4 Å². The number of benzene rings is 2. The van der Waals surface area contributed by atoms with Crippen molar-refractivity contribution in [2.24, 2.45) is 0 Å². The van der Waals surface area contributed by atoms with Gasteiger partial charge in [0.1, 0.15) is 0 Å². The average molecular weight is 378 g/mol. The molecule has 2 N–H and O–H groups in total. The summed E-state index contributed by atoms with van der Waals surface area (Å²) < 4.78 is 0. The Morgan fingerprint density at radius 1 is 0.960 bits per heavy atom. The molecule has 0 aliphatic carbocycles. The van der Waals surface area contributed by atoms with Crippen molar-refractivity contribution in [3.05, 3.63) is 52.5 Å². The lowest BCUT2D eigenvalue weighted by molar-refractivity contribution is -0.119. The van der Waals surface area contributed by atoms with Crippen LogP contribution in [0, 0.1) is 0 Å². The molecular formula is C18H17Cl2N3O2. The number of amides is 3. The highest BCUT2D eigenvalue weighted by Gasteiger charge is 2.19. The van der Waals surface area contributed by atoms with Gasteiger partial charge in [0.15, 0.2) is 0 Å². The first-order chi connectivity index (χ1) is 12.0. The number of hydrogen-bond donors (Lipinski definition) is 2. The van der Waals surface area contributed by atoms with E-state index in [0.717, 1.165) is 18.5 Å². The maximum atomic E-state index is 12.2. The van der Waals surface area contributed by atoms with Gasteiger partial charge < -0.3 is 15.5 Å². The average Bonchev–Trinajstić information content (AvgIpc) is 2.59.